The number of aliphatic hydroxyl groups is 1. The van der Waals surface area contributed by atoms with Crippen molar-refractivity contribution >= 4 is 34.7 Å². The lowest BCUT2D eigenvalue weighted by Gasteiger charge is -2.09. The average molecular weight is 313 g/mol. The third-order valence-electron chi connectivity index (χ3n) is 2.76. The van der Waals surface area contributed by atoms with Gasteiger partial charge < -0.3 is 5.11 Å². The first kappa shape index (κ1) is 14.9. The molecule has 0 saturated carbocycles. The first-order valence-electron chi connectivity index (χ1n) is 6.31. The summed E-state index contributed by atoms with van der Waals surface area (Å²) in [6.07, 6.45) is 1.51. The van der Waals surface area contributed by atoms with Crippen molar-refractivity contribution in [1.29, 1.82) is 0 Å². The molecule has 1 nitrogen and oxygen atoms in total. The highest BCUT2D eigenvalue weighted by molar-refractivity contribution is 7.99. The van der Waals surface area contributed by atoms with E-state index < -0.39 is 0 Å². The fourth-order valence-electron chi connectivity index (χ4n) is 1.74. The molecule has 0 fully saturated rings. The van der Waals surface area contributed by atoms with E-state index in [-0.39, 0.29) is 6.10 Å². The summed E-state index contributed by atoms with van der Waals surface area (Å²) < 4.78 is 0. The smallest absolute Gasteiger partial charge is 0.0682 e. The van der Waals surface area contributed by atoms with Crippen molar-refractivity contribution in [2.75, 3.05) is 5.75 Å². The van der Waals surface area contributed by atoms with Crippen LogP contribution in [0.4, 0.5) is 0 Å². The summed E-state index contributed by atoms with van der Waals surface area (Å²) >= 11 is 9.30. The Morgan fingerprint density at radius 2 is 1.84 bits per heavy atom. The molecule has 2 aromatic rings. The highest BCUT2D eigenvalue weighted by atomic mass is 35.5. The minimum atomic E-state index is -0.302. The van der Waals surface area contributed by atoms with E-state index in [0.717, 1.165) is 22.8 Å². The van der Waals surface area contributed by atoms with Gasteiger partial charge in [0.2, 0.25) is 0 Å². The van der Waals surface area contributed by atoms with E-state index in [2.05, 4.69) is 19.1 Å². The molecule has 4 heteroatoms. The van der Waals surface area contributed by atoms with Crippen LogP contribution in [0.1, 0.15) is 16.7 Å². The van der Waals surface area contributed by atoms with Gasteiger partial charge in [-0.05, 0) is 42.8 Å². The topological polar surface area (TPSA) is 20.2 Å². The zero-order valence-electron chi connectivity index (χ0n) is 10.8. The molecular formula is C15H17ClOS2. The number of aliphatic hydroxyl groups excluding tert-OH is 1. The van der Waals surface area contributed by atoms with E-state index >= 15 is 0 Å². The zero-order chi connectivity index (χ0) is 13.7. The van der Waals surface area contributed by atoms with E-state index in [0.29, 0.717) is 5.75 Å². The van der Waals surface area contributed by atoms with Gasteiger partial charge in [-0.25, -0.2) is 0 Å². The van der Waals surface area contributed by atoms with E-state index in [1.54, 1.807) is 23.1 Å². The Morgan fingerprint density at radius 3 is 2.47 bits per heavy atom. The van der Waals surface area contributed by atoms with Crippen LogP contribution in [-0.4, -0.2) is 17.0 Å². The molecule has 0 aliphatic carbocycles. The normalized spacial score (nSPS) is 12.6. The van der Waals surface area contributed by atoms with E-state index in [4.69, 9.17) is 11.6 Å². The predicted octanol–water partition coefficient (Wildman–Crippen LogP) is 4.66. The first-order chi connectivity index (χ1) is 9.17. The number of thiophene rings is 1. The van der Waals surface area contributed by atoms with Gasteiger partial charge in [0, 0.05) is 31.8 Å². The third kappa shape index (κ3) is 4.84. The van der Waals surface area contributed by atoms with E-state index in [9.17, 15) is 5.11 Å². The Labute approximate surface area is 127 Å². The van der Waals surface area contributed by atoms with Crippen LogP contribution in [0.25, 0.3) is 0 Å². The van der Waals surface area contributed by atoms with Crippen LogP contribution in [0.3, 0.4) is 0 Å². The average Bonchev–Trinajstić information content (AvgIpc) is 2.86. The highest BCUT2D eigenvalue weighted by Gasteiger charge is 2.08. The summed E-state index contributed by atoms with van der Waals surface area (Å²) in [5.41, 5.74) is 0. The molecule has 19 heavy (non-hydrogen) atoms. The quantitative estimate of drug-likeness (QED) is 0.783. The van der Waals surface area contributed by atoms with Crippen LogP contribution in [0.15, 0.2) is 41.3 Å². The summed E-state index contributed by atoms with van der Waals surface area (Å²) in [6.45, 7) is 2.16. The van der Waals surface area contributed by atoms with Gasteiger partial charge in [-0.15, -0.1) is 23.1 Å². The van der Waals surface area contributed by atoms with Crippen molar-refractivity contribution in [3.05, 3.63) is 51.2 Å². The molecule has 102 valence electrons. The lowest BCUT2D eigenvalue weighted by Crippen LogP contribution is -2.12. The molecule has 0 radical (unpaired) electrons. The molecule has 0 aliphatic heterocycles. The minimum absolute atomic E-state index is 0.302. The molecule has 0 bridgehead atoms. The van der Waals surface area contributed by atoms with Crippen molar-refractivity contribution in [3.8, 4) is 0 Å². The second-order valence-corrected chi connectivity index (χ2v) is 7.13. The largest absolute Gasteiger partial charge is 0.392 e. The number of hydrogen-bond donors (Lipinski definition) is 1. The molecule has 1 N–H and O–H groups in total. The van der Waals surface area contributed by atoms with Crippen LogP contribution in [0.5, 0.6) is 0 Å². The number of halogens is 1. The van der Waals surface area contributed by atoms with Crippen LogP contribution in [0, 0.1) is 0 Å². The highest BCUT2D eigenvalue weighted by Crippen LogP contribution is 2.23. The van der Waals surface area contributed by atoms with Crippen molar-refractivity contribution in [1.82, 2.24) is 0 Å². The second kappa shape index (κ2) is 7.34. The number of hydrogen-bond acceptors (Lipinski definition) is 3. The van der Waals surface area contributed by atoms with E-state index in [1.807, 2.05) is 24.3 Å². The molecule has 0 saturated heterocycles. The number of thioether (sulfide) groups is 1. The fourth-order valence-corrected chi connectivity index (χ4v) is 3.72. The van der Waals surface area contributed by atoms with Gasteiger partial charge in [0.1, 0.15) is 0 Å². The number of rotatable bonds is 6. The molecule has 0 aliphatic rings. The van der Waals surface area contributed by atoms with Gasteiger partial charge in [0.15, 0.2) is 0 Å². The molecule has 1 aromatic carbocycles. The molecular weight excluding hydrogens is 296 g/mol. The molecule has 0 spiro atoms. The SMILES string of the molecule is CCc1ccc(CC(O)CSc2ccc(Cl)cc2)s1. The first-order valence-corrected chi connectivity index (χ1v) is 8.49. The molecule has 1 atom stereocenters. The van der Waals surface area contributed by atoms with Gasteiger partial charge >= 0.3 is 0 Å². The van der Waals surface area contributed by atoms with Gasteiger partial charge in [-0.2, -0.15) is 0 Å². The standard InChI is InChI=1S/C15H17ClOS2/c1-2-13-7-8-15(19-13)9-12(17)10-18-14-5-3-11(16)4-6-14/h3-8,12,17H,2,9-10H2,1H3. The number of aryl methyl sites for hydroxylation is 1. The van der Waals surface area contributed by atoms with E-state index in [1.165, 1.54) is 9.75 Å². The Kier molecular flexibility index (Phi) is 5.76. The van der Waals surface area contributed by atoms with Crippen LogP contribution in [-0.2, 0) is 12.8 Å². The minimum Gasteiger partial charge on any atom is -0.392 e. The molecule has 1 aromatic heterocycles. The monoisotopic (exact) mass is 312 g/mol. The maximum atomic E-state index is 10.1. The van der Waals surface area contributed by atoms with Gasteiger partial charge in [-0.1, -0.05) is 18.5 Å². The maximum Gasteiger partial charge on any atom is 0.0682 e. The van der Waals surface area contributed by atoms with Crippen molar-refractivity contribution in [3.63, 3.8) is 0 Å². The van der Waals surface area contributed by atoms with Crippen LogP contribution in [0.2, 0.25) is 5.02 Å². The number of benzene rings is 1. The van der Waals surface area contributed by atoms with Gasteiger partial charge in [-0.3, -0.25) is 0 Å². The summed E-state index contributed by atoms with van der Waals surface area (Å²) in [4.78, 5) is 3.79. The lowest BCUT2D eigenvalue weighted by atomic mass is 10.2. The van der Waals surface area contributed by atoms with Crippen LogP contribution >= 0.6 is 34.7 Å². The Bertz CT molecular complexity index is 507. The van der Waals surface area contributed by atoms with Crippen LogP contribution < -0.4 is 0 Å². The lowest BCUT2D eigenvalue weighted by molar-refractivity contribution is 0.201. The van der Waals surface area contributed by atoms with Crippen molar-refractivity contribution < 1.29 is 5.11 Å². The maximum absolute atomic E-state index is 10.1. The second-order valence-electron chi connectivity index (χ2n) is 4.34. The van der Waals surface area contributed by atoms with Gasteiger partial charge in [0.25, 0.3) is 0 Å². The van der Waals surface area contributed by atoms with Crippen molar-refractivity contribution in [2.24, 2.45) is 0 Å². The summed E-state index contributed by atoms with van der Waals surface area (Å²) in [7, 11) is 0. The molecule has 2 rings (SSSR count). The fraction of sp³-hybridized carbons (Fsp3) is 0.333. The Balaban J connectivity index is 1.81. The van der Waals surface area contributed by atoms with Crippen molar-refractivity contribution in [2.45, 2.75) is 30.8 Å². The third-order valence-corrected chi connectivity index (χ3v) is 5.42. The summed E-state index contributed by atoms with van der Waals surface area (Å²) in [6, 6.07) is 12.0. The summed E-state index contributed by atoms with van der Waals surface area (Å²) in [5, 5.41) is 10.8. The molecule has 1 unspecified atom stereocenters. The molecule has 1 heterocycles. The predicted molar refractivity (Wildman–Crippen MR) is 85.6 cm³/mol. The Hall–Kier alpha value is -0.480. The Morgan fingerprint density at radius 1 is 1.16 bits per heavy atom. The molecule has 0 amide bonds. The summed E-state index contributed by atoms with van der Waals surface area (Å²) in [5.74, 6) is 0.709. The van der Waals surface area contributed by atoms with Gasteiger partial charge in [0.05, 0.1) is 6.10 Å². The zero-order valence-corrected chi connectivity index (χ0v) is 13.2.